The Bertz CT molecular complexity index is 804. The molecule has 2 aromatic heterocycles. The van der Waals surface area contributed by atoms with Gasteiger partial charge in [-0.05, 0) is 43.5 Å². The first-order valence-electron chi connectivity index (χ1n) is 7.15. The first-order valence-corrected chi connectivity index (χ1v) is 7.15. The van der Waals surface area contributed by atoms with Gasteiger partial charge < -0.3 is 5.73 Å². The quantitative estimate of drug-likeness (QED) is 0.801. The van der Waals surface area contributed by atoms with Crippen LogP contribution in [0.2, 0.25) is 0 Å². The molecular weight excluding hydrogens is 262 g/mol. The molecule has 5 heteroatoms. The summed E-state index contributed by atoms with van der Waals surface area (Å²) in [6.07, 6.45) is 5.17. The maximum Gasteiger partial charge on any atom is 0.147 e. The molecule has 3 aromatic rings. The van der Waals surface area contributed by atoms with E-state index in [1.807, 2.05) is 10.9 Å². The number of rotatable bonds is 3. The second-order valence-corrected chi connectivity index (χ2v) is 5.35. The molecule has 0 aliphatic rings. The van der Waals surface area contributed by atoms with Crippen LogP contribution in [-0.4, -0.2) is 19.5 Å². The summed E-state index contributed by atoms with van der Waals surface area (Å²) in [5, 5.41) is 0. The van der Waals surface area contributed by atoms with E-state index >= 15 is 0 Å². The number of imidazole rings is 1. The lowest BCUT2D eigenvalue weighted by Crippen LogP contribution is -2.07. The summed E-state index contributed by atoms with van der Waals surface area (Å²) in [5.74, 6) is 1.38. The third-order valence-electron chi connectivity index (χ3n) is 3.85. The topological polar surface area (TPSA) is 69.6 Å². The van der Waals surface area contributed by atoms with E-state index in [0.29, 0.717) is 5.82 Å². The molecule has 5 nitrogen and oxygen atoms in total. The zero-order valence-electron chi connectivity index (χ0n) is 12.6. The summed E-state index contributed by atoms with van der Waals surface area (Å²) in [5.41, 5.74) is 11.5. The average molecular weight is 281 g/mol. The van der Waals surface area contributed by atoms with E-state index in [1.54, 1.807) is 0 Å². The maximum absolute atomic E-state index is 6.03. The number of hydrogen-bond acceptors (Lipinski definition) is 4. The van der Waals surface area contributed by atoms with Crippen molar-refractivity contribution in [3.05, 3.63) is 41.5 Å². The molecule has 0 fully saturated rings. The van der Waals surface area contributed by atoms with Gasteiger partial charge in [-0.25, -0.2) is 15.0 Å². The van der Waals surface area contributed by atoms with Crippen molar-refractivity contribution >= 4 is 16.9 Å². The van der Waals surface area contributed by atoms with Gasteiger partial charge in [-0.15, -0.1) is 0 Å². The molecule has 0 spiro atoms. The Balaban J connectivity index is 2.26. The van der Waals surface area contributed by atoms with Crippen LogP contribution < -0.4 is 5.73 Å². The molecule has 0 aliphatic carbocycles. The SMILES string of the molecule is CCCc1c(N)ncnc1-n1cnc2cc(C)c(C)cc21. The Labute approximate surface area is 123 Å². The molecule has 0 unspecified atom stereocenters. The summed E-state index contributed by atoms with van der Waals surface area (Å²) >= 11 is 0. The number of fused-ring (bicyclic) bond motifs is 1. The summed E-state index contributed by atoms with van der Waals surface area (Å²) in [7, 11) is 0. The van der Waals surface area contributed by atoms with Gasteiger partial charge in [0.15, 0.2) is 0 Å². The Kier molecular flexibility index (Phi) is 3.33. The summed E-state index contributed by atoms with van der Waals surface area (Å²) in [4.78, 5) is 13.0. The van der Waals surface area contributed by atoms with E-state index in [2.05, 4.69) is 47.9 Å². The highest BCUT2D eigenvalue weighted by Crippen LogP contribution is 2.24. The fraction of sp³-hybridized carbons (Fsp3) is 0.312. The van der Waals surface area contributed by atoms with Crippen LogP contribution in [0.3, 0.4) is 0 Å². The molecule has 3 rings (SSSR count). The normalized spacial score (nSPS) is 11.2. The lowest BCUT2D eigenvalue weighted by molar-refractivity contribution is 0.872. The van der Waals surface area contributed by atoms with Crippen LogP contribution in [0.1, 0.15) is 30.0 Å². The summed E-state index contributed by atoms with van der Waals surface area (Å²) in [6.45, 7) is 6.32. The Morgan fingerprint density at radius 1 is 1.10 bits per heavy atom. The van der Waals surface area contributed by atoms with Crippen molar-refractivity contribution in [2.45, 2.75) is 33.6 Å². The van der Waals surface area contributed by atoms with Gasteiger partial charge in [0.1, 0.15) is 24.3 Å². The number of nitrogen functional groups attached to an aromatic ring is 1. The van der Waals surface area contributed by atoms with Crippen molar-refractivity contribution in [2.24, 2.45) is 0 Å². The Hall–Kier alpha value is -2.43. The Morgan fingerprint density at radius 3 is 2.62 bits per heavy atom. The third kappa shape index (κ3) is 2.24. The van der Waals surface area contributed by atoms with Crippen molar-refractivity contribution in [1.82, 2.24) is 19.5 Å². The van der Waals surface area contributed by atoms with Crippen LogP contribution in [0.15, 0.2) is 24.8 Å². The highest BCUT2D eigenvalue weighted by atomic mass is 15.1. The van der Waals surface area contributed by atoms with Crippen molar-refractivity contribution < 1.29 is 0 Å². The fourth-order valence-corrected chi connectivity index (χ4v) is 2.55. The Morgan fingerprint density at radius 2 is 1.86 bits per heavy atom. The predicted molar refractivity (Wildman–Crippen MR) is 84.5 cm³/mol. The molecule has 108 valence electrons. The van der Waals surface area contributed by atoms with Gasteiger partial charge in [0.05, 0.1) is 11.0 Å². The lowest BCUT2D eigenvalue weighted by Gasteiger charge is -2.11. The minimum Gasteiger partial charge on any atom is -0.383 e. The molecule has 0 saturated heterocycles. The largest absolute Gasteiger partial charge is 0.383 e. The number of nitrogens with two attached hydrogens (primary N) is 1. The lowest BCUT2D eigenvalue weighted by atomic mass is 10.1. The highest BCUT2D eigenvalue weighted by Gasteiger charge is 2.13. The number of hydrogen-bond donors (Lipinski definition) is 1. The molecule has 2 N–H and O–H groups in total. The second kappa shape index (κ2) is 5.16. The molecule has 0 aliphatic heterocycles. The van der Waals surface area contributed by atoms with Crippen molar-refractivity contribution in [3.63, 3.8) is 0 Å². The van der Waals surface area contributed by atoms with Gasteiger partial charge in [0.25, 0.3) is 0 Å². The molecular formula is C16H19N5. The van der Waals surface area contributed by atoms with Gasteiger partial charge in [-0.3, -0.25) is 4.57 Å². The predicted octanol–water partition coefficient (Wildman–Crippen LogP) is 2.97. The van der Waals surface area contributed by atoms with Gasteiger partial charge >= 0.3 is 0 Å². The number of nitrogens with zero attached hydrogens (tertiary/aromatic N) is 4. The number of aromatic nitrogens is 4. The fourth-order valence-electron chi connectivity index (χ4n) is 2.55. The summed E-state index contributed by atoms with van der Waals surface area (Å²) < 4.78 is 2.00. The first-order chi connectivity index (χ1) is 10.1. The van der Waals surface area contributed by atoms with E-state index in [9.17, 15) is 0 Å². The smallest absolute Gasteiger partial charge is 0.147 e. The minimum atomic E-state index is 0.549. The van der Waals surface area contributed by atoms with Crippen LogP contribution in [0.5, 0.6) is 0 Å². The molecule has 21 heavy (non-hydrogen) atoms. The monoisotopic (exact) mass is 281 g/mol. The van der Waals surface area contributed by atoms with E-state index in [0.717, 1.165) is 35.3 Å². The van der Waals surface area contributed by atoms with E-state index in [-0.39, 0.29) is 0 Å². The van der Waals surface area contributed by atoms with Crippen LogP contribution in [0.25, 0.3) is 16.9 Å². The molecule has 0 bridgehead atoms. The molecule has 2 heterocycles. The maximum atomic E-state index is 6.03. The molecule has 0 saturated carbocycles. The first kappa shape index (κ1) is 13.5. The van der Waals surface area contributed by atoms with Crippen molar-refractivity contribution in [1.29, 1.82) is 0 Å². The zero-order valence-corrected chi connectivity index (χ0v) is 12.6. The second-order valence-electron chi connectivity index (χ2n) is 5.35. The average Bonchev–Trinajstić information content (AvgIpc) is 2.84. The standard InChI is InChI=1S/C16H19N5/c1-4-5-12-15(17)18-8-19-16(12)21-9-20-13-6-10(2)11(3)7-14(13)21/h6-9H,4-5H2,1-3H3,(H2,17,18,19). The van der Waals surface area contributed by atoms with Crippen LogP contribution >= 0.6 is 0 Å². The van der Waals surface area contributed by atoms with Gasteiger partial charge in [-0.1, -0.05) is 13.3 Å². The van der Waals surface area contributed by atoms with Gasteiger partial charge in [0, 0.05) is 5.56 Å². The van der Waals surface area contributed by atoms with E-state index < -0.39 is 0 Å². The van der Waals surface area contributed by atoms with E-state index in [1.165, 1.54) is 17.5 Å². The van der Waals surface area contributed by atoms with Crippen molar-refractivity contribution in [3.8, 4) is 5.82 Å². The molecule has 0 radical (unpaired) electrons. The number of aryl methyl sites for hydroxylation is 2. The van der Waals surface area contributed by atoms with E-state index in [4.69, 9.17) is 5.73 Å². The van der Waals surface area contributed by atoms with Gasteiger partial charge in [-0.2, -0.15) is 0 Å². The zero-order chi connectivity index (χ0) is 15.0. The number of anilines is 1. The molecule has 0 atom stereocenters. The highest BCUT2D eigenvalue weighted by molar-refractivity contribution is 5.79. The molecule has 0 amide bonds. The van der Waals surface area contributed by atoms with Gasteiger partial charge in [0.2, 0.25) is 0 Å². The van der Waals surface area contributed by atoms with Crippen LogP contribution in [0.4, 0.5) is 5.82 Å². The molecule has 1 aromatic carbocycles. The third-order valence-corrected chi connectivity index (χ3v) is 3.85. The van der Waals surface area contributed by atoms with Crippen LogP contribution in [-0.2, 0) is 6.42 Å². The minimum absolute atomic E-state index is 0.549. The van der Waals surface area contributed by atoms with Crippen molar-refractivity contribution in [2.75, 3.05) is 5.73 Å². The number of benzene rings is 1. The van der Waals surface area contributed by atoms with Crippen LogP contribution in [0, 0.1) is 13.8 Å². The summed E-state index contributed by atoms with van der Waals surface area (Å²) in [6, 6.07) is 4.25.